The maximum absolute atomic E-state index is 11.2. The largest absolute Gasteiger partial charge is 0.414 e. The predicted octanol–water partition coefficient (Wildman–Crippen LogP) is 11.9. The van der Waals surface area contributed by atoms with Crippen molar-refractivity contribution in [1.82, 2.24) is 0 Å². The van der Waals surface area contributed by atoms with Crippen LogP contribution in [-0.4, -0.2) is 40.1 Å². The molecule has 3 saturated carbocycles. The third-order valence-corrected chi connectivity index (χ3v) is 26.0. The molecular weight excluding hydrogens is 693 g/mol. The molecule has 3 nitrogen and oxygen atoms in total. The van der Waals surface area contributed by atoms with Crippen LogP contribution in [0.25, 0.3) is 0 Å². The van der Waals surface area contributed by atoms with Crippen LogP contribution >= 0.6 is 0 Å². The van der Waals surface area contributed by atoms with Crippen molar-refractivity contribution in [2.45, 2.75) is 175 Å². The second-order valence-electron chi connectivity index (χ2n) is 20.6. The summed E-state index contributed by atoms with van der Waals surface area (Å²) in [6, 6.07) is 26.1. The first-order valence-electron chi connectivity index (χ1n) is 22.4. The molecular formula is C49H78O3Si2. The Kier molecular flexibility index (Phi) is 12.8. The van der Waals surface area contributed by atoms with Crippen LogP contribution in [-0.2, 0) is 8.85 Å². The fraction of sp³-hybridized carbons (Fsp3) is 0.714. The lowest BCUT2D eigenvalue weighted by molar-refractivity contribution is -0.0797. The Morgan fingerprint density at radius 3 is 1.94 bits per heavy atom. The molecule has 0 aliphatic heterocycles. The van der Waals surface area contributed by atoms with E-state index in [2.05, 4.69) is 143 Å². The topological polar surface area (TPSA) is 38.7 Å². The Balaban J connectivity index is 1.31. The molecule has 54 heavy (non-hydrogen) atoms. The Labute approximate surface area is 333 Å². The van der Waals surface area contributed by atoms with Gasteiger partial charge in [0.05, 0.1) is 6.10 Å². The molecule has 4 aliphatic rings. The van der Waals surface area contributed by atoms with Gasteiger partial charge in [0.1, 0.15) is 0 Å². The minimum Gasteiger partial charge on any atom is -0.414 e. The average Bonchev–Trinajstić information content (AvgIpc) is 3.44. The number of hydrogen-bond acceptors (Lipinski definition) is 3. The molecule has 4 aliphatic carbocycles. The van der Waals surface area contributed by atoms with Gasteiger partial charge in [0, 0.05) is 12.2 Å². The summed E-state index contributed by atoms with van der Waals surface area (Å²) in [4.78, 5) is 0. The van der Waals surface area contributed by atoms with Crippen molar-refractivity contribution in [2.24, 2.45) is 46.3 Å². The second kappa shape index (κ2) is 16.4. The van der Waals surface area contributed by atoms with E-state index in [0.29, 0.717) is 41.6 Å². The van der Waals surface area contributed by atoms with Gasteiger partial charge in [0.15, 0.2) is 8.32 Å². The van der Waals surface area contributed by atoms with Crippen molar-refractivity contribution < 1.29 is 14.0 Å². The smallest absolute Gasteiger partial charge is 0.261 e. The highest BCUT2D eigenvalue weighted by Crippen LogP contribution is 2.68. The van der Waals surface area contributed by atoms with Gasteiger partial charge in [0.2, 0.25) is 0 Å². The highest BCUT2D eigenvalue weighted by Gasteiger charge is 2.64. The summed E-state index contributed by atoms with van der Waals surface area (Å²) in [7, 11) is -4.42. The molecule has 10 atom stereocenters. The minimum absolute atomic E-state index is 0.0136. The normalized spacial score (nSPS) is 32.7. The van der Waals surface area contributed by atoms with E-state index in [1.807, 2.05) is 0 Å². The number of allylic oxidation sites excluding steroid dienone is 1. The molecule has 2 aromatic carbocycles. The van der Waals surface area contributed by atoms with E-state index >= 15 is 0 Å². The first-order valence-corrected chi connectivity index (χ1v) is 26.9. The van der Waals surface area contributed by atoms with Crippen LogP contribution in [0.2, 0.25) is 23.2 Å². The molecule has 3 fully saturated rings. The number of aliphatic hydroxyl groups excluding tert-OH is 1. The standard InChI is InChI=1S/C49H78O3Si2/c1-12-53(13-2,14-3)52-45-34-44(36(6)32-38(50)31-35(4)5)49(11)30-28-43-42(46(45)49)26-25-37-33-39(27-29-48(37,43)10)51-54(47(7,8)9,40-21-17-15-18-22-40)41-23-19-16-20-24-41/h15-25,35-36,38-39,42-46,50H,12-14,26-34H2,1-11H3/t36-,38?,39+,42-,43+,44-,45-,46-,48+,49-/m1/s1. The molecule has 0 spiro atoms. The third-order valence-electron chi connectivity index (χ3n) is 16.3. The van der Waals surface area contributed by atoms with Crippen LogP contribution in [0.5, 0.6) is 0 Å². The summed E-state index contributed by atoms with van der Waals surface area (Å²) < 4.78 is 15.5. The molecule has 0 radical (unpaired) electrons. The monoisotopic (exact) mass is 771 g/mol. The van der Waals surface area contributed by atoms with Crippen LogP contribution in [0.3, 0.4) is 0 Å². The maximum Gasteiger partial charge on any atom is 0.261 e. The molecule has 0 heterocycles. The minimum atomic E-state index is -2.62. The lowest BCUT2D eigenvalue weighted by Crippen LogP contribution is -2.68. The number of fused-ring (bicyclic) bond motifs is 5. The van der Waals surface area contributed by atoms with E-state index in [4.69, 9.17) is 8.85 Å². The van der Waals surface area contributed by atoms with Crippen LogP contribution in [0.15, 0.2) is 72.3 Å². The Hall–Kier alpha value is -1.51. The predicted molar refractivity (Wildman–Crippen MR) is 234 cm³/mol. The van der Waals surface area contributed by atoms with Gasteiger partial charge in [-0.1, -0.05) is 148 Å². The lowest BCUT2D eigenvalue weighted by Gasteiger charge is -2.59. The Bertz CT molecular complexity index is 1500. The third kappa shape index (κ3) is 7.61. The summed E-state index contributed by atoms with van der Waals surface area (Å²) in [5.41, 5.74) is 2.19. The molecule has 1 unspecified atom stereocenters. The van der Waals surface area contributed by atoms with Crippen molar-refractivity contribution >= 4 is 27.0 Å². The quantitative estimate of drug-likeness (QED) is 0.154. The fourth-order valence-corrected chi connectivity index (χ4v) is 20.9. The van der Waals surface area contributed by atoms with Crippen LogP contribution < -0.4 is 10.4 Å². The number of aliphatic hydroxyl groups is 1. The van der Waals surface area contributed by atoms with Crippen LogP contribution in [0.4, 0.5) is 0 Å². The molecule has 5 heteroatoms. The van der Waals surface area contributed by atoms with Gasteiger partial charge in [-0.05, 0) is 138 Å². The molecule has 300 valence electrons. The van der Waals surface area contributed by atoms with Crippen LogP contribution in [0.1, 0.15) is 134 Å². The van der Waals surface area contributed by atoms with Crippen molar-refractivity contribution in [3.8, 4) is 0 Å². The summed E-state index contributed by atoms with van der Waals surface area (Å²) in [5.74, 6) is 3.63. The lowest BCUT2D eigenvalue weighted by atomic mass is 9.46. The first-order chi connectivity index (χ1) is 25.6. The van der Waals surface area contributed by atoms with Gasteiger partial charge < -0.3 is 14.0 Å². The zero-order valence-electron chi connectivity index (χ0n) is 36.3. The van der Waals surface area contributed by atoms with Crippen LogP contribution in [0, 0.1) is 46.3 Å². The molecule has 2 aromatic rings. The summed E-state index contributed by atoms with van der Waals surface area (Å²) in [6.45, 7) is 26.8. The fourth-order valence-electron chi connectivity index (χ4n) is 13.3. The Morgan fingerprint density at radius 2 is 1.41 bits per heavy atom. The van der Waals surface area contributed by atoms with Gasteiger partial charge in [-0.3, -0.25) is 0 Å². The molecule has 1 N–H and O–H groups in total. The van der Waals surface area contributed by atoms with Gasteiger partial charge in [-0.2, -0.15) is 0 Å². The van der Waals surface area contributed by atoms with E-state index in [-0.39, 0.29) is 28.1 Å². The van der Waals surface area contributed by atoms with Crippen molar-refractivity contribution in [3.05, 3.63) is 72.3 Å². The zero-order valence-corrected chi connectivity index (χ0v) is 38.3. The van der Waals surface area contributed by atoms with E-state index in [9.17, 15) is 5.11 Å². The van der Waals surface area contributed by atoms with Gasteiger partial charge >= 0.3 is 0 Å². The number of benzene rings is 2. The average molecular weight is 771 g/mol. The van der Waals surface area contributed by atoms with E-state index in [0.717, 1.165) is 25.7 Å². The SMILES string of the molecule is CC[Si](CC)(CC)O[C@@H]1C[C@H]([C@H](C)CC(O)CC(C)C)[C@@]2(C)CC[C@H]3[C@@H](CC=C4C[C@@H](O[Si](c5ccccc5)(c5ccccc5)C(C)(C)C)CC[C@@]43C)[C@H]12. The van der Waals surface area contributed by atoms with E-state index in [1.165, 1.54) is 60.6 Å². The van der Waals surface area contributed by atoms with E-state index in [1.54, 1.807) is 5.57 Å². The molecule has 0 bridgehead atoms. The molecule has 0 amide bonds. The summed E-state index contributed by atoms with van der Waals surface area (Å²) in [5, 5.41) is 13.9. The number of rotatable bonds is 14. The van der Waals surface area contributed by atoms with E-state index < -0.39 is 16.6 Å². The van der Waals surface area contributed by atoms with Crippen molar-refractivity contribution in [3.63, 3.8) is 0 Å². The summed E-state index contributed by atoms with van der Waals surface area (Å²) in [6.07, 6.45) is 13.4. The Morgan fingerprint density at radius 1 is 0.815 bits per heavy atom. The van der Waals surface area contributed by atoms with Crippen molar-refractivity contribution in [1.29, 1.82) is 0 Å². The molecule has 0 saturated heterocycles. The second-order valence-corrected chi connectivity index (χ2v) is 29.6. The highest BCUT2D eigenvalue weighted by atomic mass is 28.4. The summed E-state index contributed by atoms with van der Waals surface area (Å²) >= 11 is 0. The van der Waals surface area contributed by atoms with Gasteiger partial charge in [-0.15, -0.1) is 0 Å². The molecule has 6 rings (SSSR count). The first kappa shape index (κ1) is 42.1. The van der Waals surface area contributed by atoms with Gasteiger partial charge in [0.25, 0.3) is 8.32 Å². The molecule has 0 aromatic heterocycles. The van der Waals surface area contributed by atoms with Gasteiger partial charge in [-0.25, -0.2) is 0 Å². The highest BCUT2D eigenvalue weighted by molar-refractivity contribution is 6.99. The number of hydrogen-bond donors (Lipinski definition) is 1. The maximum atomic E-state index is 11.2. The van der Waals surface area contributed by atoms with Crippen molar-refractivity contribution in [2.75, 3.05) is 0 Å². The zero-order chi connectivity index (χ0) is 39.1.